The van der Waals surface area contributed by atoms with E-state index in [9.17, 15) is 4.39 Å². The van der Waals surface area contributed by atoms with Crippen molar-refractivity contribution in [1.29, 1.82) is 0 Å². The van der Waals surface area contributed by atoms with E-state index in [0.29, 0.717) is 5.75 Å². The summed E-state index contributed by atoms with van der Waals surface area (Å²) in [6.45, 7) is 6.54. The van der Waals surface area contributed by atoms with Gasteiger partial charge in [-0.2, -0.15) is 0 Å². The van der Waals surface area contributed by atoms with Gasteiger partial charge in [0.15, 0.2) is 0 Å². The first-order valence-corrected chi connectivity index (χ1v) is 5.40. The molecule has 3 heteroatoms. The van der Waals surface area contributed by atoms with Gasteiger partial charge >= 0.3 is 0 Å². The standard InChI is InChI=1S/C13H18FNO/c1-4-6-12(15-5-2)11-9-10(14)7-8-13(11)16-3/h4,7-9,12,15H,1,5-6H2,2-3H3. The zero-order valence-corrected chi connectivity index (χ0v) is 9.79. The van der Waals surface area contributed by atoms with Gasteiger partial charge in [0, 0.05) is 11.6 Å². The van der Waals surface area contributed by atoms with Gasteiger partial charge in [-0.25, -0.2) is 4.39 Å². The Bertz CT molecular complexity index is 352. The van der Waals surface area contributed by atoms with Crippen molar-refractivity contribution in [2.24, 2.45) is 0 Å². The summed E-state index contributed by atoms with van der Waals surface area (Å²) in [5, 5.41) is 3.28. The highest BCUT2D eigenvalue weighted by Gasteiger charge is 2.14. The molecule has 1 N–H and O–H groups in total. The predicted molar refractivity (Wildman–Crippen MR) is 64.2 cm³/mol. The quantitative estimate of drug-likeness (QED) is 0.748. The van der Waals surface area contributed by atoms with Crippen LogP contribution in [0.15, 0.2) is 30.9 Å². The lowest BCUT2D eigenvalue weighted by Gasteiger charge is -2.19. The van der Waals surface area contributed by atoms with Crippen molar-refractivity contribution in [2.45, 2.75) is 19.4 Å². The smallest absolute Gasteiger partial charge is 0.123 e. The molecule has 0 amide bonds. The number of hydrogen-bond donors (Lipinski definition) is 1. The molecule has 0 spiro atoms. The molecule has 0 bridgehead atoms. The van der Waals surface area contributed by atoms with Gasteiger partial charge in [0.25, 0.3) is 0 Å². The van der Waals surface area contributed by atoms with Crippen molar-refractivity contribution in [2.75, 3.05) is 13.7 Å². The Morgan fingerprint density at radius 2 is 2.31 bits per heavy atom. The van der Waals surface area contributed by atoms with E-state index in [1.54, 1.807) is 13.2 Å². The molecule has 0 saturated carbocycles. The fourth-order valence-corrected chi connectivity index (χ4v) is 1.71. The molecular weight excluding hydrogens is 205 g/mol. The van der Waals surface area contributed by atoms with Crippen molar-refractivity contribution in [3.05, 3.63) is 42.2 Å². The molecule has 2 nitrogen and oxygen atoms in total. The molecule has 0 heterocycles. The first-order chi connectivity index (χ1) is 7.72. The molecule has 0 aliphatic rings. The van der Waals surface area contributed by atoms with Crippen LogP contribution >= 0.6 is 0 Å². The Morgan fingerprint density at radius 3 is 2.88 bits per heavy atom. The van der Waals surface area contributed by atoms with Gasteiger partial charge in [0.1, 0.15) is 11.6 Å². The fraction of sp³-hybridized carbons (Fsp3) is 0.385. The molecular formula is C13H18FNO. The highest BCUT2D eigenvalue weighted by molar-refractivity contribution is 5.36. The van der Waals surface area contributed by atoms with Crippen LogP contribution in [0.1, 0.15) is 24.9 Å². The summed E-state index contributed by atoms with van der Waals surface area (Å²) < 4.78 is 18.4. The van der Waals surface area contributed by atoms with Crippen LogP contribution in [-0.2, 0) is 0 Å². The number of benzene rings is 1. The Balaban J connectivity index is 3.04. The van der Waals surface area contributed by atoms with E-state index in [-0.39, 0.29) is 11.9 Å². The first-order valence-electron chi connectivity index (χ1n) is 5.40. The van der Waals surface area contributed by atoms with Crippen LogP contribution < -0.4 is 10.1 Å². The van der Waals surface area contributed by atoms with Crippen LogP contribution in [0.3, 0.4) is 0 Å². The highest BCUT2D eigenvalue weighted by atomic mass is 19.1. The maximum atomic E-state index is 13.2. The molecule has 0 aromatic heterocycles. The Hall–Kier alpha value is -1.35. The van der Waals surface area contributed by atoms with Gasteiger partial charge in [0.05, 0.1) is 7.11 Å². The SMILES string of the molecule is C=CCC(NCC)c1cc(F)ccc1OC. The van der Waals surface area contributed by atoms with Gasteiger partial charge in [-0.05, 0) is 31.2 Å². The molecule has 1 aromatic rings. The maximum absolute atomic E-state index is 13.2. The van der Waals surface area contributed by atoms with Crippen molar-refractivity contribution in [3.63, 3.8) is 0 Å². The molecule has 1 unspecified atom stereocenters. The van der Waals surface area contributed by atoms with E-state index in [1.165, 1.54) is 12.1 Å². The zero-order chi connectivity index (χ0) is 12.0. The highest BCUT2D eigenvalue weighted by Crippen LogP contribution is 2.28. The molecule has 1 atom stereocenters. The zero-order valence-electron chi connectivity index (χ0n) is 9.79. The minimum Gasteiger partial charge on any atom is -0.496 e. The largest absolute Gasteiger partial charge is 0.496 e. The van der Waals surface area contributed by atoms with Gasteiger partial charge in [-0.3, -0.25) is 0 Å². The van der Waals surface area contributed by atoms with E-state index in [2.05, 4.69) is 11.9 Å². The van der Waals surface area contributed by atoms with Crippen LogP contribution in [0.4, 0.5) is 4.39 Å². The van der Waals surface area contributed by atoms with Gasteiger partial charge in [-0.15, -0.1) is 6.58 Å². The molecule has 88 valence electrons. The molecule has 0 aliphatic carbocycles. The van der Waals surface area contributed by atoms with Gasteiger partial charge in [0.2, 0.25) is 0 Å². The maximum Gasteiger partial charge on any atom is 0.123 e. The number of ether oxygens (including phenoxy) is 1. The third-order valence-corrected chi connectivity index (χ3v) is 2.42. The van der Waals surface area contributed by atoms with E-state index in [0.717, 1.165) is 18.5 Å². The molecule has 16 heavy (non-hydrogen) atoms. The lowest BCUT2D eigenvalue weighted by Crippen LogP contribution is -2.21. The summed E-state index contributed by atoms with van der Waals surface area (Å²) in [5.74, 6) is 0.456. The Labute approximate surface area is 96.1 Å². The Kier molecular flexibility index (Phi) is 4.99. The van der Waals surface area contributed by atoms with Crippen LogP contribution in [0.25, 0.3) is 0 Å². The number of rotatable bonds is 6. The van der Waals surface area contributed by atoms with E-state index in [4.69, 9.17) is 4.74 Å². The van der Waals surface area contributed by atoms with Gasteiger partial charge in [-0.1, -0.05) is 13.0 Å². The molecule has 0 radical (unpaired) electrons. The molecule has 1 rings (SSSR count). The van der Waals surface area contributed by atoms with E-state index < -0.39 is 0 Å². The van der Waals surface area contributed by atoms with Crippen LogP contribution in [0.5, 0.6) is 5.75 Å². The average Bonchev–Trinajstić information content (AvgIpc) is 2.29. The summed E-state index contributed by atoms with van der Waals surface area (Å²) in [4.78, 5) is 0. The summed E-state index contributed by atoms with van der Waals surface area (Å²) in [6.07, 6.45) is 2.56. The minimum atomic E-state index is -0.247. The summed E-state index contributed by atoms with van der Waals surface area (Å²) in [7, 11) is 1.59. The van der Waals surface area contributed by atoms with Crippen molar-refractivity contribution < 1.29 is 9.13 Å². The topological polar surface area (TPSA) is 21.3 Å². The fourth-order valence-electron chi connectivity index (χ4n) is 1.71. The third kappa shape index (κ3) is 3.07. The second kappa shape index (κ2) is 6.28. The van der Waals surface area contributed by atoms with E-state index >= 15 is 0 Å². The monoisotopic (exact) mass is 223 g/mol. The molecule has 0 fully saturated rings. The summed E-state index contributed by atoms with van der Waals surface area (Å²) in [5.41, 5.74) is 0.837. The summed E-state index contributed by atoms with van der Waals surface area (Å²) in [6, 6.07) is 4.61. The van der Waals surface area contributed by atoms with Crippen molar-refractivity contribution in [3.8, 4) is 5.75 Å². The van der Waals surface area contributed by atoms with Crippen molar-refractivity contribution >= 4 is 0 Å². The van der Waals surface area contributed by atoms with Crippen molar-refractivity contribution in [1.82, 2.24) is 5.32 Å². The summed E-state index contributed by atoms with van der Waals surface area (Å²) >= 11 is 0. The number of methoxy groups -OCH3 is 1. The first kappa shape index (κ1) is 12.7. The second-order valence-corrected chi connectivity index (χ2v) is 3.52. The van der Waals surface area contributed by atoms with Gasteiger partial charge < -0.3 is 10.1 Å². The number of halogens is 1. The van der Waals surface area contributed by atoms with Crippen LogP contribution in [0.2, 0.25) is 0 Å². The Morgan fingerprint density at radius 1 is 1.56 bits per heavy atom. The van der Waals surface area contributed by atoms with Crippen LogP contribution in [0, 0.1) is 5.82 Å². The second-order valence-electron chi connectivity index (χ2n) is 3.52. The van der Waals surface area contributed by atoms with E-state index in [1.807, 2.05) is 13.0 Å². The molecule has 1 aromatic carbocycles. The molecule has 0 saturated heterocycles. The predicted octanol–water partition coefficient (Wildman–Crippen LogP) is 3.06. The average molecular weight is 223 g/mol. The lowest BCUT2D eigenvalue weighted by atomic mass is 10.0. The lowest BCUT2D eigenvalue weighted by molar-refractivity contribution is 0.398. The minimum absolute atomic E-state index is 0.0492. The third-order valence-electron chi connectivity index (χ3n) is 2.42. The number of hydrogen-bond acceptors (Lipinski definition) is 2. The number of nitrogens with one attached hydrogen (secondary N) is 1. The molecule has 0 aliphatic heterocycles. The normalized spacial score (nSPS) is 12.2. The van der Waals surface area contributed by atoms with Crippen LogP contribution in [-0.4, -0.2) is 13.7 Å².